The molecule has 1 aromatic rings. The molecule has 0 aliphatic carbocycles. The van der Waals surface area contributed by atoms with Crippen LogP contribution in [0.2, 0.25) is 0 Å². The number of hydrogen-bond donors (Lipinski definition) is 1. The van der Waals surface area contributed by atoms with E-state index < -0.39 is 0 Å². The first kappa shape index (κ1) is 13.1. The van der Waals surface area contributed by atoms with Gasteiger partial charge in [0.1, 0.15) is 0 Å². The van der Waals surface area contributed by atoms with Crippen molar-refractivity contribution in [3.05, 3.63) is 33.9 Å². The Morgan fingerprint density at radius 3 is 2.70 bits per heavy atom. The van der Waals surface area contributed by atoms with Crippen LogP contribution < -0.4 is 10.2 Å². The number of anilines is 1. The van der Waals surface area contributed by atoms with Crippen LogP contribution in [0.4, 0.5) is 11.4 Å². The maximum atomic E-state index is 12.2. The molecular formula is C14H17N3O3. The summed E-state index contributed by atoms with van der Waals surface area (Å²) < 4.78 is 0. The number of nitro groups is 1. The quantitative estimate of drug-likeness (QED) is 0.657. The maximum absolute atomic E-state index is 12.2. The highest BCUT2D eigenvalue weighted by atomic mass is 16.6. The second-order valence-corrected chi connectivity index (χ2v) is 5.32. The number of benzene rings is 1. The number of nitro benzene ring substituents is 1. The first-order valence-electron chi connectivity index (χ1n) is 6.97. The summed E-state index contributed by atoms with van der Waals surface area (Å²) in [5.74, 6) is 0.137. The first-order valence-corrected chi connectivity index (χ1v) is 6.97. The molecule has 6 heteroatoms. The van der Waals surface area contributed by atoms with Crippen LogP contribution in [0.1, 0.15) is 24.8 Å². The molecule has 1 aromatic carbocycles. The van der Waals surface area contributed by atoms with Crippen molar-refractivity contribution in [1.29, 1.82) is 0 Å². The molecule has 0 saturated carbocycles. The monoisotopic (exact) mass is 275 g/mol. The maximum Gasteiger partial charge on any atom is 0.269 e. The lowest BCUT2D eigenvalue weighted by atomic mass is 9.95. The van der Waals surface area contributed by atoms with Crippen LogP contribution in [-0.4, -0.2) is 30.0 Å². The van der Waals surface area contributed by atoms with Gasteiger partial charge in [-0.3, -0.25) is 14.9 Å². The Balaban J connectivity index is 1.96. The third-order valence-electron chi connectivity index (χ3n) is 4.08. The van der Waals surface area contributed by atoms with Gasteiger partial charge >= 0.3 is 0 Å². The molecule has 1 N–H and O–H groups in total. The molecule has 106 valence electrons. The van der Waals surface area contributed by atoms with Gasteiger partial charge in [-0.2, -0.15) is 0 Å². The van der Waals surface area contributed by atoms with Crippen LogP contribution in [-0.2, 0) is 11.2 Å². The van der Waals surface area contributed by atoms with Crippen molar-refractivity contribution in [1.82, 2.24) is 5.32 Å². The Labute approximate surface area is 116 Å². The summed E-state index contributed by atoms with van der Waals surface area (Å²) in [6.45, 7) is 1.83. The number of carbonyl (C=O) groups is 1. The van der Waals surface area contributed by atoms with E-state index in [2.05, 4.69) is 5.32 Å². The van der Waals surface area contributed by atoms with Crippen molar-refractivity contribution in [3.8, 4) is 0 Å². The van der Waals surface area contributed by atoms with Gasteiger partial charge in [0.05, 0.1) is 4.92 Å². The van der Waals surface area contributed by atoms with Crippen LogP contribution in [0, 0.1) is 10.1 Å². The number of fused-ring (bicyclic) bond motifs is 1. The van der Waals surface area contributed by atoms with Crippen LogP contribution in [0.5, 0.6) is 0 Å². The summed E-state index contributed by atoms with van der Waals surface area (Å²) in [7, 11) is 0. The Hall–Kier alpha value is -1.95. The molecular weight excluding hydrogens is 258 g/mol. The lowest BCUT2D eigenvalue weighted by Crippen LogP contribution is -2.48. The predicted molar refractivity (Wildman–Crippen MR) is 74.8 cm³/mol. The number of rotatable bonds is 2. The molecule has 1 amide bonds. The number of piperidine rings is 1. The Morgan fingerprint density at radius 1 is 1.25 bits per heavy atom. The number of nitrogens with one attached hydrogen (secondary N) is 1. The topological polar surface area (TPSA) is 75.5 Å². The number of amides is 1. The minimum atomic E-state index is -0.383. The molecule has 3 rings (SSSR count). The highest BCUT2D eigenvalue weighted by Crippen LogP contribution is 2.34. The molecule has 2 aliphatic rings. The van der Waals surface area contributed by atoms with E-state index in [1.807, 2.05) is 4.90 Å². The summed E-state index contributed by atoms with van der Waals surface area (Å²) in [5.41, 5.74) is 1.87. The van der Waals surface area contributed by atoms with Crippen molar-refractivity contribution in [2.75, 3.05) is 18.0 Å². The number of carbonyl (C=O) groups excluding carboxylic acids is 1. The van der Waals surface area contributed by atoms with Crippen molar-refractivity contribution in [2.24, 2.45) is 0 Å². The standard InChI is InChI=1S/C14H17N3O3/c18-14-4-1-10-9-12(17(19)20)2-3-13(10)16(14)11-5-7-15-8-6-11/h2-3,9,11,15H,1,4-8H2. The smallest absolute Gasteiger partial charge is 0.269 e. The fourth-order valence-electron chi connectivity index (χ4n) is 3.08. The zero-order valence-electron chi connectivity index (χ0n) is 11.2. The van der Waals surface area contributed by atoms with Gasteiger partial charge in [-0.05, 0) is 44.0 Å². The third kappa shape index (κ3) is 2.27. The third-order valence-corrected chi connectivity index (χ3v) is 4.08. The summed E-state index contributed by atoms with van der Waals surface area (Å²) in [4.78, 5) is 24.6. The van der Waals surface area contributed by atoms with Crippen molar-refractivity contribution in [2.45, 2.75) is 31.7 Å². The lowest BCUT2D eigenvalue weighted by molar-refractivity contribution is -0.384. The molecule has 2 heterocycles. The molecule has 20 heavy (non-hydrogen) atoms. The number of nitrogens with zero attached hydrogens (tertiary/aromatic N) is 2. The highest BCUT2D eigenvalue weighted by molar-refractivity contribution is 5.97. The van der Waals surface area contributed by atoms with Gasteiger partial charge in [-0.15, -0.1) is 0 Å². The van der Waals surface area contributed by atoms with Crippen LogP contribution in [0.3, 0.4) is 0 Å². The second kappa shape index (κ2) is 5.20. The predicted octanol–water partition coefficient (Wildman–Crippen LogP) is 1.63. The van der Waals surface area contributed by atoms with E-state index in [4.69, 9.17) is 0 Å². The molecule has 0 spiro atoms. The summed E-state index contributed by atoms with van der Waals surface area (Å²) in [6, 6.07) is 5.04. The first-order chi connectivity index (χ1) is 9.66. The zero-order chi connectivity index (χ0) is 14.1. The Bertz CT molecular complexity index is 553. The lowest BCUT2D eigenvalue weighted by Gasteiger charge is -2.38. The minimum absolute atomic E-state index is 0.100. The average molecular weight is 275 g/mol. The van der Waals surface area contributed by atoms with Gasteiger partial charge in [0.2, 0.25) is 5.91 Å². The van der Waals surface area contributed by atoms with E-state index >= 15 is 0 Å². The molecule has 6 nitrogen and oxygen atoms in total. The number of non-ortho nitro benzene ring substituents is 1. The van der Waals surface area contributed by atoms with E-state index in [1.165, 1.54) is 6.07 Å². The SMILES string of the molecule is O=C1CCc2cc([N+](=O)[O-])ccc2N1C1CCNCC1. The second-order valence-electron chi connectivity index (χ2n) is 5.32. The van der Waals surface area contributed by atoms with E-state index in [1.54, 1.807) is 12.1 Å². The van der Waals surface area contributed by atoms with Gasteiger partial charge in [0.25, 0.3) is 5.69 Å². The minimum Gasteiger partial charge on any atom is -0.317 e. The highest BCUT2D eigenvalue weighted by Gasteiger charge is 2.31. The largest absolute Gasteiger partial charge is 0.317 e. The number of aryl methyl sites for hydroxylation is 1. The van der Waals surface area contributed by atoms with Crippen molar-refractivity contribution < 1.29 is 9.72 Å². The average Bonchev–Trinajstić information content (AvgIpc) is 2.47. The van der Waals surface area contributed by atoms with Gasteiger partial charge in [-0.1, -0.05) is 0 Å². The normalized spacial score (nSPS) is 19.8. The molecule has 0 bridgehead atoms. The number of hydrogen-bond acceptors (Lipinski definition) is 4. The molecule has 1 saturated heterocycles. The fourth-order valence-corrected chi connectivity index (χ4v) is 3.08. The molecule has 0 atom stereocenters. The van der Waals surface area contributed by atoms with Crippen LogP contribution >= 0.6 is 0 Å². The van der Waals surface area contributed by atoms with Gasteiger partial charge in [0.15, 0.2) is 0 Å². The summed E-state index contributed by atoms with van der Waals surface area (Å²) in [5, 5.41) is 14.1. The molecule has 2 aliphatic heterocycles. The fraction of sp³-hybridized carbons (Fsp3) is 0.500. The van der Waals surface area contributed by atoms with Gasteiger partial charge in [0, 0.05) is 30.3 Å². The Morgan fingerprint density at radius 2 is 2.00 bits per heavy atom. The van der Waals surface area contributed by atoms with E-state index in [9.17, 15) is 14.9 Å². The Kier molecular flexibility index (Phi) is 3.40. The van der Waals surface area contributed by atoms with Gasteiger partial charge in [-0.25, -0.2) is 0 Å². The van der Waals surface area contributed by atoms with E-state index in [0.717, 1.165) is 37.2 Å². The molecule has 1 fully saturated rings. The van der Waals surface area contributed by atoms with Crippen LogP contribution in [0.25, 0.3) is 0 Å². The molecule has 0 aromatic heterocycles. The molecule has 0 radical (unpaired) electrons. The van der Waals surface area contributed by atoms with Crippen molar-refractivity contribution >= 4 is 17.3 Å². The van der Waals surface area contributed by atoms with Crippen molar-refractivity contribution in [3.63, 3.8) is 0 Å². The van der Waals surface area contributed by atoms with Gasteiger partial charge < -0.3 is 10.2 Å². The van der Waals surface area contributed by atoms with Crippen LogP contribution in [0.15, 0.2) is 18.2 Å². The molecule has 0 unspecified atom stereocenters. The summed E-state index contributed by atoms with van der Waals surface area (Å²) >= 11 is 0. The van der Waals surface area contributed by atoms with E-state index in [-0.39, 0.29) is 22.6 Å². The summed E-state index contributed by atoms with van der Waals surface area (Å²) in [6.07, 6.45) is 2.90. The zero-order valence-corrected chi connectivity index (χ0v) is 11.2. The van der Waals surface area contributed by atoms with E-state index in [0.29, 0.717) is 12.8 Å².